The summed E-state index contributed by atoms with van der Waals surface area (Å²) in [5.74, 6) is 2.48. The van der Waals surface area contributed by atoms with Crippen molar-refractivity contribution in [2.75, 3.05) is 0 Å². The van der Waals surface area contributed by atoms with Gasteiger partial charge in [-0.15, -0.1) is 0 Å². The van der Waals surface area contributed by atoms with E-state index in [-0.39, 0.29) is 0 Å². The van der Waals surface area contributed by atoms with Crippen molar-refractivity contribution in [3.63, 3.8) is 0 Å². The predicted molar refractivity (Wildman–Crippen MR) is 74.7 cm³/mol. The van der Waals surface area contributed by atoms with E-state index in [1.54, 1.807) is 6.20 Å². The highest BCUT2D eigenvalue weighted by Gasteiger charge is 2.31. The molecule has 0 bridgehead atoms. The number of oxazole rings is 1. The van der Waals surface area contributed by atoms with E-state index in [0.717, 1.165) is 30.5 Å². The molecule has 1 fully saturated rings. The normalized spacial score (nSPS) is 16.5. The third-order valence-corrected chi connectivity index (χ3v) is 3.67. The maximum atomic E-state index is 5.51. The van der Waals surface area contributed by atoms with Crippen LogP contribution >= 0.6 is 0 Å². The Hall–Kier alpha value is -1.61. The summed E-state index contributed by atoms with van der Waals surface area (Å²) in [5, 5.41) is 3.60. The molecule has 0 saturated heterocycles. The zero-order chi connectivity index (χ0) is 13.1. The molecule has 1 saturated carbocycles. The summed E-state index contributed by atoms with van der Waals surface area (Å²) in [6, 6.07) is 11.2. The second-order valence-electron chi connectivity index (χ2n) is 5.38. The van der Waals surface area contributed by atoms with Gasteiger partial charge in [0.15, 0.2) is 0 Å². The van der Waals surface area contributed by atoms with E-state index in [1.807, 2.05) is 6.92 Å². The van der Waals surface area contributed by atoms with Gasteiger partial charge in [-0.1, -0.05) is 30.3 Å². The van der Waals surface area contributed by atoms with Crippen LogP contribution in [-0.4, -0.2) is 11.0 Å². The van der Waals surface area contributed by atoms with Crippen molar-refractivity contribution in [3.05, 3.63) is 53.7 Å². The Balaban J connectivity index is 1.59. The molecule has 3 rings (SSSR count). The molecule has 19 heavy (non-hydrogen) atoms. The van der Waals surface area contributed by atoms with Crippen molar-refractivity contribution in [2.24, 2.45) is 5.92 Å². The summed E-state index contributed by atoms with van der Waals surface area (Å²) in [6.45, 7) is 2.65. The van der Waals surface area contributed by atoms with Gasteiger partial charge in [0.05, 0.1) is 12.7 Å². The topological polar surface area (TPSA) is 38.1 Å². The van der Waals surface area contributed by atoms with E-state index in [0.29, 0.717) is 6.04 Å². The van der Waals surface area contributed by atoms with Gasteiger partial charge in [-0.3, -0.25) is 0 Å². The zero-order valence-electron chi connectivity index (χ0n) is 11.3. The fourth-order valence-electron chi connectivity index (χ4n) is 2.47. The molecule has 3 heteroatoms. The smallest absolute Gasteiger partial charge is 0.208 e. The molecule has 100 valence electrons. The van der Waals surface area contributed by atoms with Crippen LogP contribution in [0.5, 0.6) is 0 Å². The summed E-state index contributed by atoms with van der Waals surface area (Å²) in [6.07, 6.45) is 5.55. The Labute approximate surface area is 114 Å². The monoisotopic (exact) mass is 256 g/mol. The van der Waals surface area contributed by atoms with Crippen LogP contribution in [0.3, 0.4) is 0 Å². The minimum Gasteiger partial charge on any atom is -0.445 e. The van der Waals surface area contributed by atoms with E-state index in [9.17, 15) is 0 Å². The Morgan fingerprint density at radius 1 is 1.32 bits per heavy atom. The lowest BCUT2D eigenvalue weighted by Crippen LogP contribution is -2.32. The number of aromatic nitrogens is 1. The van der Waals surface area contributed by atoms with E-state index in [2.05, 4.69) is 40.6 Å². The quantitative estimate of drug-likeness (QED) is 0.863. The van der Waals surface area contributed by atoms with Crippen LogP contribution in [0.2, 0.25) is 0 Å². The Kier molecular flexibility index (Phi) is 3.65. The summed E-state index contributed by atoms with van der Waals surface area (Å²) in [7, 11) is 0. The Morgan fingerprint density at radius 2 is 2.11 bits per heavy atom. The van der Waals surface area contributed by atoms with Gasteiger partial charge in [-0.05, 0) is 37.7 Å². The van der Waals surface area contributed by atoms with Gasteiger partial charge < -0.3 is 9.73 Å². The molecule has 0 radical (unpaired) electrons. The van der Waals surface area contributed by atoms with Gasteiger partial charge in [0, 0.05) is 6.04 Å². The van der Waals surface area contributed by atoms with Crippen molar-refractivity contribution in [1.29, 1.82) is 0 Å². The summed E-state index contributed by atoms with van der Waals surface area (Å²) < 4.78 is 5.51. The molecule has 1 aliphatic carbocycles. The van der Waals surface area contributed by atoms with Gasteiger partial charge in [0.1, 0.15) is 5.76 Å². The van der Waals surface area contributed by atoms with Gasteiger partial charge in [-0.25, -0.2) is 4.98 Å². The van der Waals surface area contributed by atoms with E-state index in [4.69, 9.17) is 4.42 Å². The molecule has 1 N–H and O–H groups in total. The molecule has 1 aromatic carbocycles. The minimum atomic E-state index is 0.537. The number of aryl methyl sites for hydroxylation is 1. The number of benzene rings is 1. The van der Waals surface area contributed by atoms with Crippen LogP contribution in [0.15, 0.2) is 40.9 Å². The van der Waals surface area contributed by atoms with Crippen molar-refractivity contribution in [2.45, 2.75) is 38.8 Å². The molecular weight excluding hydrogens is 236 g/mol. The molecule has 1 aliphatic rings. The first-order valence-corrected chi connectivity index (χ1v) is 7.00. The molecule has 1 aromatic heterocycles. The lowest BCUT2D eigenvalue weighted by molar-refractivity contribution is 0.399. The molecular formula is C16H20N2O. The molecule has 1 atom stereocenters. The summed E-state index contributed by atoms with van der Waals surface area (Å²) >= 11 is 0. The zero-order valence-corrected chi connectivity index (χ0v) is 11.3. The first-order chi connectivity index (χ1) is 9.31. The van der Waals surface area contributed by atoms with Crippen molar-refractivity contribution in [3.8, 4) is 0 Å². The predicted octanol–water partition coefficient (Wildman–Crippen LogP) is 3.09. The van der Waals surface area contributed by atoms with Crippen LogP contribution < -0.4 is 5.32 Å². The number of hydrogen-bond donors (Lipinski definition) is 1. The average molecular weight is 256 g/mol. The van der Waals surface area contributed by atoms with Gasteiger partial charge in [0.2, 0.25) is 5.89 Å². The fraction of sp³-hybridized carbons (Fsp3) is 0.438. The lowest BCUT2D eigenvalue weighted by Gasteiger charge is -2.17. The third kappa shape index (κ3) is 3.44. The SMILES string of the molecule is Cc1cnc(CN[C@@H](Cc2ccccc2)C2CC2)o1. The largest absolute Gasteiger partial charge is 0.445 e. The van der Waals surface area contributed by atoms with Gasteiger partial charge >= 0.3 is 0 Å². The Bertz CT molecular complexity index is 517. The summed E-state index contributed by atoms with van der Waals surface area (Å²) in [4.78, 5) is 4.25. The summed E-state index contributed by atoms with van der Waals surface area (Å²) in [5.41, 5.74) is 1.40. The highest BCUT2D eigenvalue weighted by molar-refractivity contribution is 5.16. The van der Waals surface area contributed by atoms with Gasteiger partial charge in [0.25, 0.3) is 0 Å². The van der Waals surface area contributed by atoms with Crippen LogP contribution in [-0.2, 0) is 13.0 Å². The number of rotatable bonds is 6. The first-order valence-electron chi connectivity index (χ1n) is 7.00. The Morgan fingerprint density at radius 3 is 2.74 bits per heavy atom. The maximum absolute atomic E-state index is 5.51. The van der Waals surface area contributed by atoms with Crippen LogP contribution in [0.1, 0.15) is 30.1 Å². The third-order valence-electron chi connectivity index (χ3n) is 3.67. The van der Waals surface area contributed by atoms with Crippen LogP contribution in [0.4, 0.5) is 0 Å². The average Bonchev–Trinajstić information content (AvgIpc) is 3.19. The van der Waals surface area contributed by atoms with E-state index >= 15 is 0 Å². The molecule has 1 heterocycles. The molecule has 0 spiro atoms. The highest BCUT2D eigenvalue weighted by Crippen LogP contribution is 2.34. The van der Waals surface area contributed by atoms with Crippen molar-refractivity contribution in [1.82, 2.24) is 10.3 Å². The number of nitrogens with zero attached hydrogens (tertiary/aromatic N) is 1. The van der Waals surface area contributed by atoms with Crippen LogP contribution in [0.25, 0.3) is 0 Å². The molecule has 2 aromatic rings. The molecule has 0 amide bonds. The number of nitrogens with one attached hydrogen (secondary N) is 1. The van der Waals surface area contributed by atoms with Crippen LogP contribution in [0, 0.1) is 12.8 Å². The van der Waals surface area contributed by atoms with E-state index < -0.39 is 0 Å². The second-order valence-corrected chi connectivity index (χ2v) is 5.38. The van der Waals surface area contributed by atoms with Gasteiger partial charge in [-0.2, -0.15) is 0 Å². The molecule has 0 aliphatic heterocycles. The first kappa shape index (κ1) is 12.4. The fourth-order valence-corrected chi connectivity index (χ4v) is 2.47. The lowest BCUT2D eigenvalue weighted by atomic mass is 10.0. The molecule has 0 unspecified atom stereocenters. The van der Waals surface area contributed by atoms with E-state index in [1.165, 1.54) is 18.4 Å². The minimum absolute atomic E-state index is 0.537. The van der Waals surface area contributed by atoms with Crippen molar-refractivity contribution >= 4 is 0 Å². The standard InChI is InChI=1S/C16H20N2O/c1-12-10-18-16(19-12)11-17-15(14-7-8-14)9-13-5-3-2-4-6-13/h2-6,10,14-15,17H,7-9,11H2,1H3/t15-/m0/s1. The molecule has 3 nitrogen and oxygen atoms in total. The number of hydrogen-bond acceptors (Lipinski definition) is 3. The second kappa shape index (κ2) is 5.57. The highest BCUT2D eigenvalue weighted by atomic mass is 16.4. The maximum Gasteiger partial charge on any atom is 0.208 e. The van der Waals surface area contributed by atoms with Crippen molar-refractivity contribution < 1.29 is 4.42 Å².